The number of hydrogen-bond acceptors (Lipinski definition) is 3. The maximum absolute atomic E-state index is 11.1. The van der Waals surface area contributed by atoms with E-state index in [9.17, 15) is 13.0 Å². The molecule has 0 aliphatic heterocycles. The Morgan fingerprint density at radius 1 is 0.625 bits per heavy atom. The molecule has 32 heavy (non-hydrogen) atoms. The summed E-state index contributed by atoms with van der Waals surface area (Å²) in [5.74, 6) is 0.473. The van der Waals surface area contributed by atoms with Gasteiger partial charge in [0.2, 0.25) is 0 Å². The molecular formula is C27H47NaO3S. The van der Waals surface area contributed by atoms with Crippen LogP contribution in [0.1, 0.15) is 141 Å². The van der Waals surface area contributed by atoms with E-state index in [1.807, 2.05) is 12.1 Å². The Labute approximate surface area is 221 Å². The number of hydrogen-bond donors (Lipinski definition) is 0. The first-order valence-corrected chi connectivity index (χ1v) is 14.5. The van der Waals surface area contributed by atoms with E-state index in [2.05, 4.69) is 13.8 Å². The van der Waals surface area contributed by atoms with Crippen molar-refractivity contribution >= 4 is 10.1 Å². The van der Waals surface area contributed by atoms with E-state index in [0.717, 1.165) is 12.8 Å². The second-order valence-corrected chi connectivity index (χ2v) is 10.6. The Morgan fingerprint density at radius 3 is 1.41 bits per heavy atom. The van der Waals surface area contributed by atoms with Crippen LogP contribution in [-0.4, -0.2) is 13.0 Å². The van der Waals surface area contributed by atoms with E-state index in [4.69, 9.17) is 0 Å². The standard InChI is InChI=1S/C27H48O3S.Na/c1-3-5-7-8-9-10-11-12-13-14-15-16-17-18-20-25(19-6-4-2)26-21-23-27(24-22-26)31(28,29)30;/h21-25H,3-20H2,1-2H3,(H,28,29,30);/q;+1/p-1. The summed E-state index contributed by atoms with van der Waals surface area (Å²) in [6, 6.07) is 6.63. The summed E-state index contributed by atoms with van der Waals surface area (Å²) in [6.45, 7) is 4.48. The molecule has 0 radical (unpaired) electrons. The van der Waals surface area contributed by atoms with E-state index >= 15 is 0 Å². The smallest absolute Gasteiger partial charge is 0.744 e. The summed E-state index contributed by atoms with van der Waals surface area (Å²) in [4.78, 5) is -0.123. The molecule has 0 fully saturated rings. The van der Waals surface area contributed by atoms with Crippen LogP contribution >= 0.6 is 0 Å². The van der Waals surface area contributed by atoms with Crippen LogP contribution in [0.3, 0.4) is 0 Å². The van der Waals surface area contributed by atoms with Gasteiger partial charge >= 0.3 is 29.6 Å². The Hall–Kier alpha value is 0.130. The fourth-order valence-electron chi connectivity index (χ4n) is 4.42. The summed E-state index contributed by atoms with van der Waals surface area (Å²) < 4.78 is 33.4. The van der Waals surface area contributed by atoms with Crippen LogP contribution in [0.2, 0.25) is 0 Å². The zero-order valence-electron chi connectivity index (χ0n) is 21.2. The van der Waals surface area contributed by atoms with Crippen molar-refractivity contribution in [3.63, 3.8) is 0 Å². The van der Waals surface area contributed by atoms with Gasteiger partial charge in [0.1, 0.15) is 10.1 Å². The Morgan fingerprint density at radius 2 is 1.00 bits per heavy atom. The van der Waals surface area contributed by atoms with Gasteiger partial charge in [0.05, 0.1) is 4.90 Å². The minimum atomic E-state index is -4.35. The first-order valence-electron chi connectivity index (χ1n) is 13.0. The molecule has 180 valence electrons. The number of benzene rings is 1. The van der Waals surface area contributed by atoms with Crippen molar-refractivity contribution < 1.29 is 42.5 Å². The van der Waals surface area contributed by atoms with E-state index in [0.29, 0.717) is 5.92 Å². The Balaban J connectivity index is 0.00000961. The summed E-state index contributed by atoms with van der Waals surface area (Å²) >= 11 is 0. The third-order valence-electron chi connectivity index (χ3n) is 6.45. The Bertz CT molecular complexity index is 643. The molecule has 1 aromatic carbocycles. The van der Waals surface area contributed by atoms with Crippen molar-refractivity contribution in [3.8, 4) is 0 Å². The first kappa shape index (κ1) is 32.1. The average molecular weight is 475 g/mol. The van der Waals surface area contributed by atoms with Gasteiger partial charge in [-0.05, 0) is 36.5 Å². The van der Waals surface area contributed by atoms with Gasteiger partial charge in [-0.25, -0.2) is 8.42 Å². The second kappa shape index (κ2) is 20.5. The molecule has 1 aromatic rings. The molecule has 5 heteroatoms. The topological polar surface area (TPSA) is 57.2 Å². The monoisotopic (exact) mass is 474 g/mol. The number of rotatable bonds is 20. The van der Waals surface area contributed by atoms with Gasteiger partial charge < -0.3 is 4.55 Å². The quantitative estimate of drug-likeness (QED) is 0.138. The molecule has 0 aliphatic rings. The van der Waals surface area contributed by atoms with Crippen LogP contribution in [0.4, 0.5) is 0 Å². The van der Waals surface area contributed by atoms with Gasteiger partial charge in [0, 0.05) is 0 Å². The summed E-state index contributed by atoms with van der Waals surface area (Å²) in [5, 5.41) is 0. The van der Waals surface area contributed by atoms with Crippen molar-refractivity contribution in [2.24, 2.45) is 0 Å². The zero-order chi connectivity index (χ0) is 22.8. The maximum Gasteiger partial charge on any atom is 1.00 e. The normalized spacial score (nSPS) is 12.5. The fraction of sp³-hybridized carbons (Fsp3) is 0.778. The van der Waals surface area contributed by atoms with E-state index in [-0.39, 0.29) is 34.5 Å². The van der Waals surface area contributed by atoms with Gasteiger partial charge in [0.15, 0.2) is 0 Å². The molecule has 0 spiro atoms. The predicted octanol–water partition coefficient (Wildman–Crippen LogP) is 5.74. The average Bonchev–Trinajstić information content (AvgIpc) is 2.75. The van der Waals surface area contributed by atoms with Crippen molar-refractivity contribution in [3.05, 3.63) is 29.8 Å². The molecule has 0 heterocycles. The molecule has 0 N–H and O–H groups in total. The van der Waals surface area contributed by atoms with Gasteiger partial charge in [-0.15, -0.1) is 0 Å². The zero-order valence-corrected chi connectivity index (χ0v) is 24.1. The van der Waals surface area contributed by atoms with Crippen LogP contribution in [0.15, 0.2) is 29.2 Å². The third-order valence-corrected chi connectivity index (χ3v) is 7.30. The van der Waals surface area contributed by atoms with E-state index in [1.54, 1.807) is 0 Å². The van der Waals surface area contributed by atoms with Crippen molar-refractivity contribution in [2.45, 2.75) is 140 Å². The van der Waals surface area contributed by atoms with Gasteiger partial charge in [0.25, 0.3) is 0 Å². The summed E-state index contributed by atoms with van der Waals surface area (Å²) in [5.41, 5.74) is 1.18. The first-order chi connectivity index (χ1) is 15.0. The number of unbranched alkanes of at least 4 members (excludes halogenated alkanes) is 14. The van der Waals surface area contributed by atoms with E-state index < -0.39 is 10.1 Å². The molecule has 0 aromatic heterocycles. The third kappa shape index (κ3) is 15.9. The predicted molar refractivity (Wildman–Crippen MR) is 132 cm³/mol. The second-order valence-electron chi connectivity index (χ2n) is 9.25. The van der Waals surface area contributed by atoms with Crippen molar-refractivity contribution in [2.75, 3.05) is 0 Å². The van der Waals surface area contributed by atoms with Gasteiger partial charge in [-0.3, -0.25) is 0 Å². The van der Waals surface area contributed by atoms with Crippen LogP contribution in [0.5, 0.6) is 0 Å². The SMILES string of the molecule is CCCCCCCCCCCCCCCCC(CCCC)c1ccc(S(=O)(=O)[O-])cc1.[Na+]. The Kier molecular flexibility index (Phi) is 20.6. The van der Waals surface area contributed by atoms with Gasteiger partial charge in [-0.1, -0.05) is 129 Å². The minimum Gasteiger partial charge on any atom is -0.744 e. The largest absolute Gasteiger partial charge is 1.00 e. The molecular weight excluding hydrogens is 427 g/mol. The molecule has 1 unspecified atom stereocenters. The van der Waals surface area contributed by atoms with Crippen LogP contribution in [0.25, 0.3) is 0 Å². The van der Waals surface area contributed by atoms with Gasteiger partial charge in [-0.2, -0.15) is 0 Å². The van der Waals surface area contributed by atoms with Crippen molar-refractivity contribution in [1.29, 1.82) is 0 Å². The molecule has 0 bridgehead atoms. The summed E-state index contributed by atoms with van der Waals surface area (Å²) in [6.07, 6.45) is 23.9. The maximum atomic E-state index is 11.1. The summed E-state index contributed by atoms with van der Waals surface area (Å²) in [7, 11) is -4.35. The molecule has 1 atom stereocenters. The van der Waals surface area contributed by atoms with Crippen LogP contribution in [-0.2, 0) is 10.1 Å². The fourth-order valence-corrected chi connectivity index (χ4v) is 4.89. The van der Waals surface area contributed by atoms with Crippen LogP contribution < -0.4 is 29.6 Å². The van der Waals surface area contributed by atoms with E-state index in [1.165, 1.54) is 120 Å². The van der Waals surface area contributed by atoms with Crippen LogP contribution in [0, 0.1) is 0 Å². The molecule has 1 rings (SSSR count). The molecule has 0 saturated heterocycles. The van der Waals surface area contributed by atoms with Crippen molar-refractivity contribution in [1.82, 2.24) is 0 Å². The molecule has 0 amide bonds. The molecule has 0 saturated carbocycles. The minimum absolute atomic E-state index is 0. The molecule has 0 aliphatic carbocycles. The molecule has 3 nitrogen and oxygen atoms in total.